The normalized spacial score (nSPS) is 14.0. The number of allylic oxidation sites excluding steroid dienone is 1. The SMILES string of the molecule is CCOC(=O)/C=C/CCCC1c2nc(-c3ccc(C)cc3)c(-c3ccc(C)cc3)nc2C=CN1C(=O)Oc1ccccc1. The van der Waals surface area contributed by atoms with E-state index in [1.165, 1.54) is 6.08 Å². The predicted octanol–water partition coefficient (Wildman–Crippen LogP) is 8.24. The van der Waals surface area contributed by atoms with Crippen LogP contribution in [0.3, 0.4) is 0 Å². The Kier molecular flexibility index (Phi) is 9.42. The summed E-state index contributed by atoms with van der Waals surface area (Å²) in [5, 5.41) is 0. The number of unbranched alkanes of at least 4 members (excludes halogenated alkanes) is 1. The van der Waals surface area contributed by atoms with E-state index in [4.69, 9.17) is 19.4 Å². The number of aromatic nitrogens is 2. The number of rotatable bonds is 9. The van der Waals surface area contributed by atoms with Gasteiger partial charge in [0.05, 0.1) is 35.4 Å². The van der Waals surface area contributed by atoms with Crippen LogP contribution < -0.4 is 4.74 Å². The van der Waals surface area contributed by atoms with Gasteiger partial charge in [-0.05, 0) is 58.2 Å². The van der Waals surface area contributed by atoms with Gasteiger partial charge < -0.3 is 9.47 Å². The maximum atomic E-state index is 13.5. The Morgan fingerprint density at radius 2 is 1.49 bits per heavy atom. The van der Waals surface area contributed by atoms with Crippen LogP contribution in [0.5, 0.6) is 5.75 Å². The van der Waals surface area contributed by atoms with E-state index in [1.807, 2.05) is 24.3 Å². The minimum Gasteiger partial charge on any atom is -0.463 e. The summed E-state index contributed by atoms with van der Waals surface area (Å²) in [5.41, 5.74) is 7.17. The van der Waals surface area contributed by atoms with Crippen molar-refractivity contribution in [3.63, 3.8) is 0 Å². The molecule has 4 aromatic rings. The van der Waals surface area contributed by atoms with E-state index in [9.17, 15) is 9.59 Å². The van der Waals surface area contributed by atoms with Crippen LogP contribution in [0.2, 0.25) is 0 Å². The van der Waals surface area contributed by atoms with E-state index in [-0.39, 0.29) is 5.97 Å². The van der Waals surface area contributed by atoms with Crippen LogP contribution in [0, 0.1) is 13.8 Å². The van der Waals surface area contributed by atoms with Gasteiger partial charge >= 0.3 is 12.1 Å². The fourth-order valence-electron chi connectivity index (χ4n) is 4.95. The maximum Gasteiger partial charge on any atom is 0.419 e. The Balaban J connectivity index is 1.53. The first-order valence-electron chi connectivity index (χ1n) is 14.6. The summed E-state index contributed by atoms with van der Waals surface area (Å²) < 4.78 is 10.7. The molecule has 1 atom stereocenters. The standard InChI is InChI=1S/C36H35N3O4/c1-4-42-32(40)14-10-6-9-13-31-35-30(23-24-39(31)36(41)43-29-11-7-5-8-12-29)37-33(27-19-15-25(2)16-20-27)34(38-35)28-21-17-26(3)18-22-28/h5,7-8,10-12,14-24,31H,4,6,9,13H2,1-3H3/b14-10+. The van der Waals surface area contributed by atoms with Gasteiger partial charge in [-0.3, -0.25) is 4.90 Å². The van der Waals surface area contributed by atoms with Crippen LogP contribution in [-0.2, 0) is 9.53 Å². The van der Waals surface area contributed by atoms with Crippen LogP contribution in [0.15, 0.2) is 97.2 Å². The minimum absolute atomic E-state index is 0.333. The van der Waals surface area contributed by atoms with Gasteiger partial charge in [-0.2, -0.15) is 0 Å². The molecule has 7 nitrogen and oxygen atoms in total. The first kappa shape index (κ1) is 29.5. The third-order valence-electron chi connectivity index (χ3n) is 7.19. The summed E-state index contributed by atoms with van der Waals surface area (Å²) in [5.74, 6) is 0.0997. The molecule has 1 aliphatic heterocycles. The second kappa shape index (κ2) is 13.7. The zero-order valence-electron chi connectivity index (χ0n) is 24.7. The van der Waals surface area contributed by atoms with Crippen LogP contribution >= 0.6 is 0 Å². The van der Waals surface area contributed by atoms with E-state index in [0.29, 0.717) is 43.0 Å². The van der Waals surface area contributed by atoms with Gasteiger partial charge in [0.2, 0.25) is 0 Å². The summed E-state index contributed by atoms with van der Waals surface area (Å²) >= 11 is 0. The van der Waals surface area contributed by atoms with Crippen LogP contribution in [0.1, 0.15) is 54.7 Å². The lowest BCUT2D eigenvalue weighted by atomic mass is 9.97. The third-order valence-corrected chi connectivity index (χ3v) is 7.19. The Morgan fingerprint density at radius 3 is 2.12 bits per heavy atom. The van der Waals surface area contributed by atoms with Crippen molar-refractivity contribution in [3.05, 3.63) is 120 Å². The highest BCUT2D eigenvalue weighted by Crippen LogP contribution is 2.38. The number of carbonyl (C=O) groups is 2. The van der Waals surface area contributed by atoms with Gasteiger partial charge in [0.15, 0.2) is 0 Å². The first-order valence-corrected chi connectivity index (χ1v) is 14.6. The summed E-state index contributed by atoms with van der Waals surface area (Å²) in [6.07, 6.45) is 8.21. The highest BCUT2D eigenvalue weighted by Gasteiger charge is 2.32. The average Bonchev–Trinajstić information content (AvgIpc) is 3.01. The minimum atomic E-state index is -0.499. The molecule has 1 amide bonds. The number of fused-ring (bicyclic) bond motifs is 1. The van der Waals surface area contributed by atoms with Gasteiger partial charge in [0, 0.05) is 23.4 Å². The zero-order chi connectivity index (χ0) is 30.2. The van der Waals surface area contributed by atoms with Gasteiger partial charge in [-0.25, -0.2) is 19.6 Å². The lowest BCUT2D eigenvalue weighted by molar-refractivity contribution is -0.137. The molecule has 0 aliphatic carbocycles. The van der Waals surface area contributed by atoms with Crippen molar-refractivity contribution >= 4 is 18.1 Å². The average molecular weight is 574 g/mol. The first-order chi connectivity index (χ1) is 20.9. The van der Waals surface area contributed by atoms with E-state index in [1.54, 1.807) is 36.2 Å². The number of amides is 1. The topological polar surface area (TPSA) is 81.6 Å². The molecule has 43 heavy (non-hydrogen) atoms. The molecule has 0 N–H and O–H groups in total. The fraction of sp³-hybridized carbons (Fsp3) is 0.222. The van der Waals surface area contributed by atoms with Gasteiger partial charge in [-0.15, -0.1) is 0 Å². The van der Waals surface area contributed by atoms with E-state index in [0.717, 1.165) is 33.6 Å². The van der Waals surface area contributed by atoms with Gasteiger partial charge in [0.1, 0.15) is 5.75 Å². The largest absolute Gasteiger partial charge is 0.463 e. The molecule has 0 saturated heterocycles. The molecule has 1 aliphatic rings. The van der Waals surface area contributed by atoms with E-state index >= 15 is 0 Å². The van der Waals surface area contributed by atoms with Crippen molar-refractivity contribution in [2.24, 2.45) is 0 Å². The van der Waals surface area contributed by atoms with Crippen LogP contribution in [0.25, 0.3) is 28.6 Å². The zero-order valence-corrected chi connectivity index (χ0v) is 24.7. The molecule has 5 rings (SSSR count). The van der Waals surface area contributed by atoms with Gasteiger partial charge in [-0.1, -0.05) is 83.9 Å². The Morgan fingerprint density at radius 1 is 0.860 bits per heavy atom. The number of hydrogen-bond acceptors (Lipinski definition) is 6. The number of ether oxygens (including phenoxy) is 2. The number of nitrogens with zero attached hydrogens (tertiary/aromatic N) is 3. The monoisotopic (exact) mass is 573 g/mol. The maximum absolute atomic E-state index is 13.5. The molecule has 3 aromatic carbocycles. The number of aryl methyl sites for hydroxylation is 2. The summed E-state index contributed by atoms with van der Waals surface area (Å²) in [4.78, 5) is 37.2. The van der Waals surface area contributed by atoms with Crippen molar-refractivity contribution in [1.29, 1.82) is 0 Å². The van der Waals surface area contributed by atoms with Crippen LogP contribution in [0.4, 0.5) is 4.79 Å². The van der Waals surface area contributed by atoms with E-state index < -0.39 is 12.1 Å². The quantitative estimate of drug-likeness (QED) is 0.114. The number of esters is 1. The van der Waals surface area contributed by atoms with Crippen molar-refractivity contribution in [2.75, 3.05) is 6.61 Å². The molecule has 1 aromatic heterocycles. The molecular formula is C36H35N3O4. The van der Waals surface area contributed by atoms with Gasteiger partial charge in [0.25, 0.3) is 0 Å². The molecule has 2 heterocycles. The third kappa shape index (κ3) is 7.25. The molecular weight excluding hydrogens is 538 g/mol. The smallest absolute Gasteiger partial charge is 0.419 e. The van der Waals surface area contributed by atoms with Crippen molar-refractivity contribution in [2.45, 2.75) is 46.1 Å². The molecule has 0 spiro atoms. The molecule has 0 radical (unpaired) electrons. The number of carbonyl (C=O) groups excluding carboxylic acids is 2. The molecule has 0 bridgehead atoms. The molecule has 0 fully saturated rings. The molecule has 218 valence electrons. The lowest BCUT2D eigenvalue weighted by Gasteiger charge is -2.32. The number of hydrogen-bond donors (Lipinski definition) is 0. The Bertz CT molecular complexity index is 1630. The van der Waals surface area contributed by atoms with Crippen LogP contribution in [-0.4, -0.2) is 33.5 Å². The highest BCUT2D eigenvalue weighted by molar-refractivity contribution is 5.82. The fourth-order valence-corrected chi connectivity index (χ4v) is 4.95. The summed E-state index contributed by atoms with van der Waals surface area (Å²) in [6, 6.07) is 25.1. The molecule has 1 unspecified atom stereocenters. The summed E-state index contributed by atoms with van der Waals surface area (Å²) in [7, 11) is 0. The number of benzene rings is 3. The Labute approximate surface area is 252 Å². The highest BCUT2D eigenvalue weighted by atomic mass is 16.6. The van der Waals surface area contributed by atoms with Crippen molar-refractivity contribution < 1.29 is 19.1 Å². The predicted molar refractivity (Wildman–Crippen MR) is 168 cm³/mol. The second-order valence-electron chi connectivity index (χ2n) is 10.4. The second-order valence-corrected chi connectivity index (χ2v) is 10.4. The lowest BCUT2D eigenvalue weighted by Crippen LogP contribution is -2.35. The molecule has 7 heteroatoms. The Hall–Kier alpha value is -5.04. The summed E-state index contributed by atoms with van der Waals surface area (Å²) in [6.45, 7) is 6.22. The van der Waals surface area contributed by atoms with Crippen molar-refractivity contribution in [1.82, 2.24) is 14.9 Å². The van der Waals surface area contributed by atoms with Crippen molar-refractivity contribution in [3.8, 4) is 28.3 Å². The number of para-hydroxylation sites is 1. The molecule has 0 saturated carbocycles. The van der Waals surface area contributed by atoms with E-state index in [2.05, 4.69) is 62.4 Å².